The minimum absolute atomic E-state index is 0.0808. The Bertz CT molecular complexity index is 1920. The highest BCUT2D eigenvalue weighted by atomic mass is 32.2. The van der Waals surface area contributed by atoms with Crippen LogP contribution in [0.25, 0.3) is 22.0 Å². The van der Waals surface area contributed by atoms with E-state index in [-0.39, 0.29) is 35.3 Å². The summed E-state index contributed by atoms with van der Waals surface area (Å²) < 4.78 is 60.2. The molecule has 0 spiro atoms. The van der Waals surface area contributed by atoms with E-state index in [4.69, 9.17) is 19.2 Å². The Labute approximate surface area is 330 Å². The maximum atomic E-state index is 14.6. The monoisotopic (exact) mass is 819 g/mol. The van der Waals surface area contributed by atoms with Crippen LogP contribution in [0.15, 0.2) is 71.3 Å². The van der Waals surface area contributed by atoms with Crippen LogP contribution in [0.1, 0.15) is 75.3 Å². The van der Waals surface area contributed by atoms with E-state index in [0.29, 0.717) is 23.1 Å². The number of carbonyl (C=O) groups is 3. The first-order chi connectivity index (χ1) is 27.1. The zero-order chi connectivity index (χ0) is 41.3. The standard InChI is InChI=1S/C23H23F2N7O2S.C6H6O2S.C4H8O.C3H8O.CH2O2/c1-34-13-31-10-14(9-26-31)23-28-18(12-35-23)22(33)27-17-11-32(15-5-3-2-4-6-15)30-21(17)20-16(24)7-8-19(25)29-20;7-9(8)6-4-2-1-3-5-6;1-2-3-4-5;1-3-4-2;2-1-3/h7-12,15H,2-6,13H2,1H3,(H,27,33);1-5H,(H,7,8);4H,2-3H2,1H3;3H2,1-2H3;1H,(H,2,3). The van der Waals surface area contributed by atoms with Gasteiger partial charge in [0.2, 0.25) is 5.95 Å². The van der Waals surface area contributed by atoms with E-state index in [1.54, 1.807) is 77.9 Å². The highest BCUT2D eigenvalue weighted by Crippen LogP contribution is 2.34. The van der Waals surface area contributed by atoms with Crippen molar-refractivity contribution in [3.63, 3.8) is 0 Å². The second kappa shape index (κ2) is 26.7. The first-order valence-corrected chi connectivity index (χ1v) is 19.4. The summed E-state index contributed by atoms with van der Waals surface area (Å²) in [6.45, 7) is 4.81. The van der Waals surface area contributed by atoms with Gasteiger partial charge in [0.1, 0.15) is 35.1 Å². The summed E-state index contributed by atoms with van der Waals surface area (Å²) in [5.74, 6) is -2.04. The van der Waals surface area contributed by atoms with E-state index < -0.39 is 28.8 Å². The number of benzene rings is 1. The van der Waals surface area contributed by atoms with Gasteiger partial charge in [0.05, 0.1) is 22.8 Å². The van der Waals surface area contributed by atoms with E-state index in [1.807, 2.05) is 13.8 Å². The molecule has 1 aliphatic carbocycles. The van der Waals surface area contributed by atoms with Crippen molar-refractivity contribution in [2.45, 2.75) is 76.5 Å². The van der Waals surface area contributed by atoms with Gasteiger partial charge in [0, 0.05) is 50.6 Å². The molecule has 0 aliphatic heterocycles. The molecule has 0 bridgehead atoms. The van der Waals surface area contributed by atoms with E-state index in [1.165, 1.54) is 11.3 Å². The fourth-order valence-electron chi connectivity index (χ4n) is 4.80. The van der Waals surface area contributed by atoms with Crippen LogP contribution in [-0.2, 0) is 36.9 Å². The van der Waals surface area contributed by atoms with Crippen LogP contribution < -0.4 is 5.32 Å². The van der Waals surface area contributed by atoms with E-state index in [2.05, 4.69) is 30.2 Å². The Morgan fingerprint density at radius 1 is 1.02 bits per heavy atom. The summed E-state index contributed by atoms with van der Waals surface area (Å²) in [4.78, 5) is 39.4. The second-order valence-electron chi connectivity index (χ2n) is 11.5. The summed E-state index contributed by atoms with van der Waals surface area (Å²) in [5, 5.41) is 20.6. The number of hydrogen-bond acceptors (Lipinski definition) is 11. The zero-order valence-corrected chi connectivity index (χ0v) is 33.2. The number of halogens is 2. The molecule has 1 atom stereocenters. The lowest BCUT2D eigenvalue weighted by Crippen LogP contribution is -2.14. The third kappa shape index (κ3) is 16.0. The molecular formula is C37H47F2N7O8S2. The normalized spacial score (nSPS) is 12.5. The summed E-state index contributed by atoms with van der Waals surface area (Å²) in [6.07, 6.45) is 12.8. The Kier molecular flexibility index (Phi) is 22.4. The van der Waals surface area contributed by atoms with Crippen molar-refractivity contribution in [1.82, 2.24) is 29.5 Å². The predicted molar refractivity (Wildman–Crippen MR) is 208 cm³/mol. The van der Waals surface area contributed by atoms with Crippen LogP contribution in [0, 0.1) is 11.8 Å². The molecular weight excluding hydrogens is 773 g/mol. The third-order valence-corrected chi connectivity index (χ3v) is 9.05. The number of hydrogen-bond donors (Lipinski definition) is 3. The van der Waals surface area contributed by atoms with Crippen LogP contribution >= 0.6 is 11.3 Å². The molecule has 19 heteroatoms. The van der Waals surface area contributed by atoms with Gasteiger partial charge in [-0.1, -0.05) is 44.4 Å². The van der Waals surface area contributed by atoms with Crippen LogP contribution in [0.4, 0.5) is 14.5 Å². The SMILES string of the molecule is CCCC=O.CCOC.COCn1cc(-c2nc(C(=O)Nc3cn(C4CCCCC4)nc3-c3nc(F)ccc3F)cs2)cn1.O=CO.O=S(O)c1ccccc1. The minimum atomic E-state index is -1.83. The number of nitrogens with one attached hydrogen (secondary N) is 1. The van der Waals surface area contributed by atoms with Crippen LogP contribution in [0.2, 0.25) is 0 Å². The fourth-order valence-corrected chi connectivity index (χ4v) is 5.97. The van der Waals surface area contributed by atoms with Crippen molar-refractivity contribution in [3.05, 3.63) is 83.9 Å². The van der Waals surface area contributed by atoms with Crippen LogP contribution in [-0.4, -0.2) is 82.9 Å². The maximum absolute atomic E-state index is 14.6. The third-order valence-electron chi connectivity index (χ3n) is 7.48. The van der Waals surface area contributed by atoms with Gasteiger partial charge >= 0.3 is 0 Å². The van der Waals surface area contributed by atoms with Gasteiger partial charge < -0.3 is 29.2 Å². The molecule has 5 aromatic rings. The molecule has 0 radical (unpaired) electrons. The molecule has 1 amide bonds. The molecule has 15 nitrogen and oxygen atoms in total. The number of aromatic nitrogens is 6. The minimum Gasteiger partial charge on any atom is -0.483 e. The molecule has 3 N–H and O–H groups in total. The van der Waals surface area contributed by atoms with Crippen LogP contribution in [0.3, 0.4) is 0 Å². The number of unbranched alkanes of at least 4 members (excludes halogenated alkanes) is 1. The number of ether oxygens (including phenoxy) is 2. The topological polar surface area (TPSA) is 201 Å². The lowest BCUT2D eigenvalue weighted by Gasteiger charge is -2.21. The van der Waals surface area contributed by atoms with E-state index in [9.17, 15) is 22.6 Å². The highest BCUT2D eigenvalue weighted by Gasteiger charge is 2.24. The zero-order valence-electron chi connectivity index (χ0n) is 31.5. The predicted octanol–water partition coefficient (Wildman–Crippen LogP) is 7.51. The number of nitrogens with zero attached hydrogens (tertiary/aromatic N) is 6. The van der Waals surface area contributed by atoms with E-state index in [0.717, 1.165) is 69.1 Å². The quantitative estimate of drug-likeness (QED) is 0.0674. The number of amides is 1. The summed E-state index contributed by atoms with van der Waals surface area (Å²) in [5.41, 5.74) is 1.02. The van der Waals surface area contributed by atoms with E-state index >= 15 is 0 Å². The van der Waals surface area contributed by atoms with Crippen molar-refractivity contribution in [2.75, 3.05) is 26.1 Å². The number of carboxylic acid groups (broad SMARTS) is 1. The number of methoxy groups -OCH3 is 2. The highest BCUT2D eigenvalue weighted by molar-refractivity contribution is 7.79. The number of aldehydes is 1. The average Bonchev–Trinajstić information content (AvgIpc) is 3.99. The molecule has 4 heterocycles. The lowest BCUT2D eigenvalue weighted by atomic mass is 9.96. The van der Waals surface area contributed by atoms with Crippen molar-refractivity contribution in [1.29, 1.82) is 0 Å². The number of thiazole rings is 1. The molecule has 56 heavy (non-hydrogen) atoms. The maximum Gasteiger partial charge on any atom is 0.290 e. The smallest absolute Gasteiger partial charge is 0.290 e. The molecule has 1 fully saturated rings. The lowest BCUT2D eigenvalue weighted by molar-refractivity contribution is -0.122. The Hall–Kier alpha value is -5.08. The molecule has 1 unspecified atom stereocenters. The summed E-state index contributed by atoms with van der Waals surface area (Å²) >= 11 is -0.532. The van der Waals surface area contributed by atoms with Gasteiger partial charge in [0.25, 0.3) is 12.4 Å². The molecule has 304 valence electrons. The number of rotatable bonds is 11. The van der Waals surface area contributed by atoms with Crippen molar-refractivity contribution in [3.8, 4) is 22.0 Å². The Morgan fingerprint density at radius 2 is 1.70 bits per heavy atom. The summed E-state index contributed by atoms with van der Waals surface area (Å²) in [6, 6.07) is 10.5. The largest absolute Gasteiger partial charge is 0.483 e. The van der Waals surface area contributed by atoms with Gasteiger partial charge in [-0.2, -0.15) is 14.6 Å². The molecule has 1 aliphatic rings. The van der Waals surface area contributed by atoms with Crippen molar-refractivity contribution in [2.24, 2.45) is 0 Å². The second-order valence-corrected chi connectivity index (χ2v) is 13.3. The van der Waals surface area contributed by atoms with Crippen molar-refractivity contribution < 1.29 is 46.5 Å². The number of anilines is 1. The Morgan fingerprint density at radius 3 is 2.25 bits per heavy atom. The van der Waals surface area contributed by atoms with Crippen LogP contribution in [0.5, 0.6) is 0 Å². The van der Waals surface area contributed by atoms with Gasteiger partial charge in [0.15, 0.2) is 16.9 Å². The van der Waals surface area contributed by atoms with Gasteiger partial charge in [-0.3, -0.25) is 14.3 Å². The molecule has 0 saturated heterocycles. The van der Waals surface area contributed by atoms with Gasteiger partial charge in [-0.15, -0.1) is 11.3 Å². The number of carbonyl (C=O) groups excluding carboxylic acids is 2. The molecule has 4 aromatic heterocycles. The first-order valence-electron chi connectivity index (χ1n) is 17.4. The van der Waals surface area contributed by atoms with Crippen molar-refractivity contribution >= 4 is 46.8 Å². The molecule has 1 aromatic carbocycles. The summed E-state index contributed by atoms with van der Waals surface area (Å²) in [7, 11) is 3.25. The fraction of sp³-hybridized carbons (Fsp3) is 0.378. The molecule has 6 rings (SSSR count). The molecule has 1 saturated carbocycles. The average molecular weight is 820 g/mol. The first kappa shape index (κ1) is 47.1. The van der Waals surface area contributed by atoms with Gasteiger partial charge in [-0.25, -0.2) is 23.2 Å². The Balaban J connectivity index is 0.000000422. The number of pyridine rings is 1. The van der Waals surface area contributed by atoms with Gasteiger partial charge in [-0.05, 0) is 50.5 Å².